The number of phenols is 1. The number of hydrogen-bond donors (Lipinski definition) is 3. The van der Waals surface area contributed by atoms with Crippen LogP contribution < -0.4 is 10.6 Å². The highest BCUT2D eigenvalue weighted by Crippen LogP contribution is 2.13. The van der Waals surface area contributed by atoms with Crippen molar-refractivity contribution in [1.29, 1.82) is 0 Å². The monoisotopic (exact) mass is 294 g/mol. The molecule has 0 atom stereocenters. The van der Waals surface area contributed by atoms with Crippen LogP contribution in [0.1, 0.15) is 6.92 Å². The number of esters is 1. The smallest absolute Gasteiger partial charge is 0.330 e. The molecule has 0 spiro atoms. The summed E-state index contributed by atoms with van der Waals surface area (Å²) in [7, 11) is 0. The summed E-state index contributed by atoms with van der Waals surface area (Å²) < 4.78 is 4.63. The molecule has 20 heavy (non-hydrogen) atoms. The molecule has 1 amide bonds. The minimum absolute atomic E-state index is 0.0780. The van der Waals surface area contributed by atoms with Crippen molar-refractivity contribution in [3.05, 3.63) is 36.4 Å². The van der Waals surface area contributed by atoms with Crippen LogP contribution in [0.25, 0.3) is 0 Å². The standard InChI is InChI=1S/C13H14N2O4S/c1-2-19-12(18)8-7-11(17)15-13(20)14-9-3-5-10(16)6-4-9/h3-8,16H,2H2,1H3,(H2,14,15,17,20). The topological polar surface area (TPSA) is 87.7 Å². The van der Waals surface area contributed by atoms with Gasteiger partial charge in [0.1, 0.15) is 5.75 Å². The molecule has 7 heteroatoms. The predicted molar refractivity (Wildman–Crippen MR) is 78.2 cm³/mol. The molecule has 0 radical (unpaired) electrons. The second-order valence-electron chi connectivity index (χ2n) is 3.58. The Morgan fingerprint density at radius 2 is 1.95 bits per heavy atom. The number of carbonyl (C=O) groups excluding carboxylic acids is 2. The molecule has 0 aliphatic carbocycles. The van der Waals surface area contributed by atoms with E-state index in [4.69, 9.17) is 17.3 Å². The maximum atomic E-state index is 11.4. The summed E-state index contributed by atoms with van der Waals surface area (Å²) in [6.07, 6.45) is 2.05. The van der Waals surface area contributed by atoms with E-state index in [9.17, 15) is 9.59 Å². The number of amides is 1. The van der Waals surface area contributed by atoms with E-state index < -0.39 is 11.9 Å². The summed E-state index contributed by atoms with van der Waals surface area (Å²) in [5.74, 6) is -1.02. The maximum Gasteiger partial charge on any atom is 0.330 e. The zero-order chi connectivity index (χ0) is 15.0. The van der Waals surface area contributed by atoms with Crippen molar-refractivity contribution in [1.82, 2.24) is 5.32 Å². The number of benzene rings is 1. The molecule has 1 aromatic rings. The van der Waals surface area contributed by atoms with Crippen molar-refractivity contribution in [2.75, 3.05) is 11.9 Å². The van der Waals surface area contributed by atoms with E-state index in [0.29, 0.717) is 5.69 Å². The van der Waals surface area contributed by atoms with E-state index in [0.717, 1.165) is 12.2 Å². The van der Waals surface area contributed by atoms with Gasteiger partial charge in [-0.1, -0.05) is 0 Å². The van der Waals surface area contributed by atoms with Crippen LogP contribution in [0.2, 0.25) is 0 Å². The van der Waals surface area contributed by atoms with E-state index in [1.54, 1.807) is 19.1 Å². The third-order valence-electron chi connectivity index (χ3n) is 2.02. The van der Waals surface area contributed by atoms with Gasteiger partial charge in [0.2, 0.25) is 5.91 Å². The molecule has 0 saturated carbocycles. The molecule has 1 rings (SSSR count). The summed E-state index contributed by atoms with van der Waals surface area (Å²) in [6.45, 7) is 1.91. The van der Waals surface area contributed by atoms with Crippen LogP contribution in [0.4, 0.5) is 5.69 Å². The number of carbonyl (C=O) groups is 2. The number of thiocarbonyl (C=S) groups is 1. The number of phenolic OH excluding ortho intramolecular Hbond substituents is 1. The Balaban J connectivity index is 2.44. The highest BCUT2D eigenvalue weighted by molar-refractivity contribution is 7.80. The average Bonchev–Trinajstić information content (AvgIpc) is 2.39. The number of nitrogens with one attached hydrogen (secondary N) is 2. The average molecular weight is 294 g/mol. The Morgan fingerprint density at radius 3 is 2.55 bits per heavy atom. The van der Waals surface area contributed by atoms with Crippen LogP contribution in [0, 0.1) is 0 Å². The molecule has 1 aromatic carbocycles. The van der Waals surface area contributed by atoms with Gasteiger partial charge in [-0.2, -0.15) is 0 Å². The fourth-order valence-corrected chi connectivity index (χ4v) is 1.41. The van der Waals surface area contributed by atoms with E-state index in [-0.39, 0.29) is 17.5 Å². The van der Waals surface area contributed by atoms with Crippen molar-refractivity contribution < 1.29 is 19.4 Å². The van der Waals surface area contributed by atoms with Crippen LogP contribution in [0.5, 0.6) is 5.75 Å². The molecule has 0 aliphatic heterocycles. The quantitative estimate of drug-likeness (QED) is 0.336. The Kier molecular flexibility index (Phi) is 6.18. The zero-order valence-electron chi connectivity index (χ0n) is 10.8. The van der Waals surface area contributed by atoms with Crippen LogP contribution >= 0.6 is 12.2 Å². The van der Waals surface area contributed by atoms with Gasteiger partial charge in [-0.15, -0.1) is 0 Å². The lowest BCUT2D eigenvalue weighted by Crippen LogP contribution is -2.32. The predicted octanol–water partition coefficient (Wildman–Crippen LogP) is 1.32. The fourth-order valence-electron chi connectivity index (χ4n) is 1.19. The third kappa shape index (κ3) is 5.96. The SMILES string of the molecule is CCOC(=O)C=CC(=O)NC(=S)Nc1ccc(O)cc1. The normalized spacial score (nSPS) is 10.1. The Labute approximate surface area is 121 Å². The Morgan fingerprint density at radius 1 is 1.30 bits per heavy atom. The highest BCUT2D eigenvalue weighted by Gasteiger charge is 2.03. The molecular weight excluding hydrogens is 280 g/mol. The first-order valence-electron chi connectivity index (χ1n) is 5.77. The van der Waals surface area contributed by atoms with E-state index in [2.05, 4.69) is 15.4 Å². The highest BCUT2D eigenvalue weighted by atomic mass is 32.1. The minimum Gasteiger partial charge on any atom is -0.508 e. The second-order valence-corrected chi connectivity index (χ2v) is 3.98. The van der Waals surface area contributed by atoms with Crippen LogP contribution in [0.3, 0.4) is 0 Å². The minimum atomic E-state index is -0.597. The van der Waals surface area contributed by atoms with Crippen molar-refractivity contribution in [2.24, 2.45) is 0 Å². The first-order valence-corrected chi connectivity index (χ1v) is 6.18. The van der Waals surface area contributed by atoms with Crippen LogP contribution in [-0.2, 0) is 14.3 Å². The Hall–Kier alpha value is -2.41. The van der Waals surface area contributed by atoms with Crippen LogP contribution in [-0.4, -0.2) is 28.7 Å². The van der Waals surface area contributed by atoms with E-state index in [1.807, 2.05) is 0 Å². The summed E-state index contributed by atoms with van der Waals surface area (Å²) in [6, 6.07) is 6.16. The zero-order valence-corrected chi connectivity index (χ0v) is 11.6. The lowest BCUT2D eigenvalue weighted by molar-refractivity contribution is -0.137. The van der Waals surface area contributed by atoms with E-state index in [1.165, 1.54) is 12.1 Å². The maximum absolute atomic E-state index is 11.4. The molecule has 0 aliphatic rings. The summed E-state index contributed by atoms with van der Waals surface area (Å²) in [4.78, 5) is 22.4. The lowest BCUT2D eigenvalue weighted by atomic mass is 10.3. The number of aromatic hydroxyl groups is 1. The number of hydrogen-bond acceptors (Lipinski definition) is 5. The molecule has 0 aromatic heterocycles. The molecule has 0 saturated heterocycles. The van der Waals surface area contributed by atoms with Gasteiger partial charge in [0.15, 0.2) is 5.11 Å². The summed E-state index contributed by atoms with van der Waals surface area (Å²) in [5, 5.41) is 14.3. The van der Waals surface area contributed by atoms with Gasteiger partial charge < -0.3 is 15.2 Å². The third-order valence-corrected chi connectivity index (χ3v) is 2.22. The van der Waals surface area contributed by atoms with Gasteiger partial charge in [0.05, 0.1) is 6.61 Å². The van der Waals surface area contributed by atoms with Gasteiger partial charge in [0, 0.05) is 17.8 Å². The van der Waals surface area contributed by atoms with E-state index >= 15 is 0 Å². The van der Waals surface area contributed by atoms with Gasteiger partial charge in [-0.25, -0.2) is 4.79 Å². The fraction of sp³-hybridized carbons (Fsp3) is 0.154. The van der Waals surface area contributed by atoms with Crippen molar-refractivity contribution in [3.63, 3.8) is 0 Å². The number of ether oxygens (including phenoxy) is 1. The van der Waals surface area contributed by atoms with Gasteiger partial charge in [-0.3, -0.25) is 10.1 Å². The van der Waals surface area contributed by atoms with Crippen molar-refractivity contribution >= 4 is 34.9 Å². The van der Waals surface area contributed by atoms with Gasteiger partial charge >= 0.3 is 5.97 Å². The molecule has 106 valence electrons. The molecule has 0 heterocycles. The molecule has 3 N–H and O–H groups in total. The molecule has 6 nitrogen and oxygen atoms in total. The van der Waals surface area contributed by atoms with Gasteiger partial charge in [-0.05, 0) is 43.4 Å². The molecule has 0 fully saturated rings. The van der Waals surface area contributed by atoms with Crippen molar-refractivity contribution in [2.45, 2.75) is 6.92 Å². The van der Waals surface area contributed by atoms with Crippen molar-refractivity contribution in [3.8, 4) is 5.75 Å². The van der Waals surface area contributed by atoms with Gasteiger partial charge in [0.25, 0.3) is 0 Å². The largest absolute Gasteiger partial charge is 0.508 e. The number of anilines is 1. The Bertz CT molecular complexity index is 526. The molecule has 0 bridgehead atoms. The first-order chi connectivity index (χ1) is 9.51. The summed E-state index contributed by atoms with van der Waals surface area (Å²) in [5.41, 5.74) is 0.613. The lowest BCUT2D eigenvalue weighted by Gasteiger charge is -2.07. The second kappa shape index (κ2) is 7.90. The molecular formula is C13H14N2O4S. The summed E-state index contributed by atoms with van der Waals surface area (Å²) >= 11 is 4.92. The molecule has 0 unspecified atom stereocenters. The number of rotatable bonds is 4. The van der Waals surface area contributed by atoms with Crippen LogP contribution in [0.15, 0.2) is 36.4 Å². The first kappa shape index (κ1) is 15.6.